The first-order valence-electron chi connectivity index (χ1n) is 22.6. The van der Waals surface area contributed by atoms with E-state index < -0.39 is 124 Å². The monoisotopic (exact) mass is 896 g/mol. The molecule has 3 rings (SSSR count). The maximum atomic E-state index is 12.6. The standard InChI is InChI=1S/C43H77NO18/c1-3-5-6-7-8-9-10-11-12-13-14-15-16-17-18-19-21-27(48)26(44-31(49)20-4-2)25-57-41-37(55)34(52)39(29(23-46)59-41)62-43-38(56)35(53)40(30(24-47)60-43)61-42-36(54)33(51)32(50)28(22-45)58-42/h15-16,19,21,26-30,32-43,45-48,50-56H,3-14,17-18,20,22-25H2,1-2H3,(H,44,49)/b16-15+,21-19+. The lowest BCUT2D eigenvalue weighted by Crippen LogP contribution is -2.66. The van der Waals surface area contributed by atoms with Gasteiger partial charge in [0.2, 0.25) is 5.91 Å². The number of carbonyl (C=O) groups excluding carboxylic acids is 1. The fourth-order valence-corrected chi connectivity index (χ4v) is 7.66. The summed E-state index contributed by atoms with van der Waals surface area (Å²) < 4.78 is 33.7. The van der Waals surface area contributed by atoms with Gasteiger partial charge in [0, 0.05) is 6.42 Å². The Balaban J connectivity index is 1.51. The number of aliphatic hydroxyl groups excluding tert-OH is 11. The van der Waals surface area contributed by atoms with Crippen LogP contribution in [0.4, 0.5) is 0 Å². The summed E-state index contributed by atoms with van der Waals surface area (Å²) in [5.74, 6) is -0.342. The fourth-order valence-electron chi connectivity index (χ4n) is 7.66. The number of aliphatic hydroxyl groups is 11. The molecule has 3 aliphatic heterocycles. The molecule has 3 fully saturated rings. The summed E-state index contributed by atoms with van der Waals surface area (Å²) >= 11 is 0. The van der Waals surface area contributed by atoms with Gasteiger partial charge >= 0.3 is 0 Å². The molecule has 362 valence electrons. The highest BCUT2D eigenvalue weighted by Gasteiger charge is 2.53. The van der Waals surface area contributed by atoms with Gasteiger partial charge in [-0.15, -0.1) is 0 Å². The Morgan fingerprint density at radius 3 is 1.58 bits per heavy atom. The summed E-state index contributed by atoms with van der Waals surface area (Å²) in [6, 6.07) is -0.979. The average Bonchev–Trinajstić information content (AvgIpc) is 3.26. The quantitative estimate of drug-likeness (QED) is 0.0326. The van der Waals surface area contributed by atoms with E-state index in [1.807, 2.05) is 6.92 Å². The molecule has 0 aliphatic carbocycles. The molecule has 0 aromatic rings. The molecule has 0 aromatic carbocycles. The van der Waals surface area contributed by atoms with Gasteiger partial charge in [-0.05, 0) is 32.1 Å². The minimum atomic E-state index is -1.97. The molecule has 0 aromatic heterocycles. The molecule has 19 nitrogen and oxygen atoms in total. The Morgan fingerprint density at radius 2 is 1.03 bits per heavy atom. The third-order valence-electron chi connectivity index (χ3n) is 11.5. The van der Waals surface area contributed by atoms with Crippen LogP contribution in [0.25, 0.3) is 0 Å². The summed E-state index contributed by atoms with van der Waals surface area (Å²) in [5, 5.41) is 118. The Bertz CT molecular complexity index is 1260. The molecule has 12 N–H and O–H groups in total. The number of unbranched alkanes of at least 4 members (excludes halogenated alkanes) is 11. The van der Waals surface area contributed by atoms with E-state index in [0.29, 0.717) is 12.8 Å². The van der Waals surface area contributed by atoms with Gasteiger partial charge in [-0.1, -0.05) is 95.9 Å². The third kappa shape index (κ3) is 16.9. The second-order valence-electron chi connectivity index (χ2n) is 16.5. The van der Waals surface area contributed by atoms with Crippen molar-refractivity contribution in [2.45, 2.75) is 214 Å². The predicted molar refractivity (Wildman–Crippen MR) is 222 cm³/mol. The molecule has 0 saturated carbocycles. The number of rotatable bonds is 29. The smallest absolute Gasteiger partial charge is 0.220 e. The summed E-state index contributed by atoms with van der Waals surface area (Å²) in [6.45, 7) is 1.26. The van der Waals surface area contributed by atoms with Crippen molar-refractivity contribution in [3.05, 3.63) is 24.3 Å². The number of nitrogens with one attached hydrogen (secondary N) is 1. The number of carbonyl (C=O) groups is 1. The average molecular weight is 896 g/mol. The van der Waals surface area contributed by atoms with Gasteiger partial charge in [-0.3, -0.25) is 4.79 Å². The molecule has 3 aliphatic rings. The molecular weight excluding hydrogens is 818 g/mol. The number of amides is 1. The molecule has 17 unspecified atom stereocenters. The molecule has 62 heavy (non-hydrogen) atoms. The first-order chi connectivity index (χ1) is 29.8. The van der Waals surface area contributed by atoms with Crippen LogP contribution in [-0.4, -0.2) is 193 Å². The zero-order chi connectivity index (χ0) is 45.6. The van der Waals surface area contributed by atoms with Crippen molar-refractivity contribution in [1.82, 2.24) is 5.32 Å². The van der Waals surface area contributed by atoms with Crippen LogP contribution in [0.2, 0.25) is 0 Å². The van der Waals surface area contributed by atoms with Crippen LogP contribution in [0.1, 0.15) is 110 Å². The number of ether oxygens (including phenoxy) is 6. The van der Waals surface area contributed by atoms with Crippen LogP contribution < -0.4 is 5.32 Å². The predicted octanol–water partition coefficient (Wildman–Crippen LogP) is -0.699. The third-order valence-corrected chi connectivity index (χ3v) is 11.5. The minimum Gasteiger partial charge on any atom is -0.394 e. The van der Waals surface area contributed by atoms with Crippen molar-refractivity contribution < 1.29 is 89.4 Å². The van der Waals surface area contributed by atoms with E-state index in [-0.39, 0.29) is 18.9 Å². The van der Waals surface area contributed by atoms with E-state index in [1.165, 1.54) is 57.8 Å². The van der Waals surface area contributed by atoms with Crippen molar-refractivity contribution in [2.75, 3.05) is 26.4 Å². The molecule has 0 radical (unpaired) electrons. The zero-order valence-electron chi connectivity index (χ0n) is 36.3. The van der Waals surface area contributed by atoms with Crippen LogP contribution in [0.3, 0.4) is 0 Å². The van der Waals surface area contributed by atoms with Crippen LogP contribution in [-0.2, 0) is 33.2 Å². The first kappa shape index (κ1) is 54.6. The van der Waals surface area contributed by atoms with Crippen molar-refractivity contribution in [3.63, 3.8) is 0 Å². The second kappa shape index (κ2) is 29.7. The molecule has 3 saturated heterocycles. The summed E-state index contributed by atoms with van der Waals surface area (Å²) in [5.41, 5.74) is 0. The Kier molecular flexibility index (Phi) is 26.2. The lowest BCUT2D eigenvalue weighted by molar-refractivity contribution is -0.379. The molecule has 1 amide bonds. The number of hydrogen-bond donors (Lipinski definition) is 12. The van der Waals surface area contributed by atoms with Gasteiger partial charge in [0.05, 0.1) is 38.6 Å². The van der Waals surface area contributed by atoms with Crippen LogP contribution in [0.5, 0.6) is 0 Å². The molecule has 0 spiro atoms. The molecule has 19 heteroatoms. The van der Waals surface area contributed by atoms with Crippen LogP contribution in [0.15, 0.2) is 24.3 Å². The Hall–Kier alpha value is -1.73. The van der Waals surface area contributed by atoms with E-state index in [1.54, 1.807) is 12.2 Å². The molecular formula is C43H77NO18. The van der Waals surface area contributed by atoms with Gasteiger partial charge in [-0.25, -0.2) is 0 Å². The van der Waals surface area contributed by atoms with Crippen molar-refractivity contribution in [1.29, 1.82) is 0 Å². The maximum absolute atomic E-state index is 12.6. The highest BCUT2D eigenvalue weighted by atomic mass is 16.8. The second-order valence-corrected chi connectivity index (χ2v) is 16.5. The lowest BCUT2D eigenvalue weighted by Gasteiger charge is -2.48. The maximum Gasteiger partial charge on any atom is 0.220 e. The van der Waals surface area contributed by atoms with Gasteiger partial charge in [0.15, 0.2) is 18.9 Å². The molecule has 17 atom stereocenters. The minimum absolute atomic E-state index is 0.186. The van der Waals surface area contributed by atoms with Gasteiger partial charge in [0.1, 0.15) is 73.2 Å². The largest absolute Gasteiger partial charge is 0.394 e. The van der Waals surface area contributed by atoms with E-state index in [9.17, 15) is 61.0 Å². The normalized spacial score (nSPS) is 35.4. The molecule has 0 bridgehead atoms. The number of hydrogen-bond acceptors (Lipinski definition) is 18. The van der Waals surface area contributed by atoms with Crippen molar-refractivity contribution in [2.24, 2.45) is 0 Å². The summed E-state index contributed by atoms with van der Waals surface area (Å²) in [7, 11) is 0. The first-order valence-corrected chi connectivity index (χ1v) is 22.6. The summed E-state index contributed by atoms with van der Waals surface area (Å²) in [4.78, 5) is 12.6. The highest BCUT2D eigenvalue weighted by molar-refractivity contribution is 5.76. The Labute approximate surface area is 365 Å². The Morgan fingerprint density at radius 1 is 0.565 bits per heavy atom. The number of allylic oxidation sites excluding steroid dienone is 3. The zero-order valence-corrected chi connectivity index (χ0v) is 36.3. The van der Waals surface area contributed by atoms with Crippen LogP contribution >= 0.6 is 0 Å². The van der Waals surface area contributed by atoms with Gasteiger partial charge in [-0.2, -0.15) is 0 Å². The fraction of sp³-hybridized carbons (Fsp3) is 0.884. The summed E-state index contributed by atoms with van der Waals surface area (Å²) in [6.07, 6.45) is -3.09. The molecule has 3 heterocycles. The van der Waals surface area contributed by atoms with E-state index >= 15 is 0 Å². The topological polar surface area (TPSA) is 307 Å². The lowest BCUT2D eigenvalue weighted by atomic mass is 9.96. The van der Waals surface area contributed by atoms with Crippen LogP contribution in [0, 0.1) is 0 Å². The van der Waals surface area contributed by atoms with Crippen molar-refractivity contribution in [3.8, 4) is 0 Å². The highest BCUT2D eigenvalue weighted by Crippen LogP contribution is 2.33. The van der Waals surface area contributed by atoms with E-state index in [2.05, 4.69) is 24.4 Å². The van der Waals surface area contributed by atoms with E-state index in [4.69, 9.17) is 28.4 Å². The van der Waals surface area contributed by atoms with Gasteiger partial charge in [0.25, 0.3) is 0 Å². The van der Waals surface area contributed by atoms with Gasteiger partial charge < -0.3 is 89.9 Å². The van der Waals surface area contributed by atoms with E-state index in [0.717, 1.165) is 19.3 Å². The van der Waals surface area contributed by atoms with Crippen molar-refractivity contribution >= 4 is 5.91 Å². The SMILES string of the molecule is CCCCCCCCCCCC/C=C/CC/C=C/C(O)C(COC1OC(CO)C(OC2OC(CO)C(OC3OC(CO)C(O)C(O)C3O)C(O)C2O)C(O)C1O)NC(=O)CCC.